The molecule has 1 aliphatic rings. The number of benzene rings is 2. The van der Waals surface area contributed by atoms with Gasteiger partial charge in [0, 0.05) is 44.2 Å². The van der Waals surface area contributed by atoms with E-state index in [0.717, 1.165) is 0 Å². The summed E-state index contributed by atoms with van der Waals surface area (Å²) >= 11 is 0. The van der Waals surface area contributed by atoms with Crippen molar-refractivity contribution in [2.24, 2.45) is 0 Å². The number of hydrogen-bond donors (Lipinski definition) is 1. The normalized spacial score (nSPS) is 13.9. The van der Waals surface area contributed by atoms with Crippen molar-refractivity contribution in [2.75, 3.05) is 31.9 Å². The molecular formula is C23H23FN5O2+. The molecule has 0 spiro atoms. The fourth-order valence-electron chi connectivity index (χ4n) is 3.72. The van der Waals surface area contributed by atoms with Crippen molar-refractivity contribution >= 4 is 17.6 Å². The number of nitrogens with zero attached hydrogens (tertiary/aromatic N) is 3. The summed E-state index contributed by atoms with van der Waals surface area (Å²) in [6.07, 6.45) is 2.98. The molecule has 0 bridgehead atoms. The number of aromatic nitrogens is 2. The molecule has 1 aromatic heterocycles. The second-order valence-corrected chi connectivity index (χ2v) is 7.43. The molecule has 7 nitrogen and oxygen atoms in total. The Kier molecular flexibility index (Phi) is 5.62. The maximum absolute atomic E-state index is 14.9. The third-order valence-electron chi connectivity index (χ3n) is 5.44. The number of carbonyl (C=O) groups excluding carboxylic acids is 2. The molecule has 3 aromatic rings. The Morgan fingerprint density at radius 1 is 1.03 bits per heavy atom. The Morgan fingerprint density at radius 3 is 2.39 bits per heavy atom. The van der Waals surface area contributed by atoms with Crippen LogP contribution in [0.25, 0.3) is 22.4 Å². The summed E-state index contributed by atoms with van der Waals surface area (Å²) in [5.74, 6) is -0.174. The first-order valence-electron chi connectivity index (χ1n) is 10.0. The molecule has 3 N–H and O–H groups in total. The van der Waals surface area contributed by atoms with Gasteiger partial charge < -0.3 is 9.80 Å². The van der Waals surface area contributed by atoms with Crippen LogP contribution in [0.4, 0.5) is 10.2 Å². The van der Waals surface area contributed by atoms with Crippen molar-refractivity contribution in [3.05, 3.63) is 66.2 Å². The predicted octanol–water partition coefficient (Wildman–Crippen LogP) is 2.26. The van der Waals surface area contributed by atoms with Crippen LogP contribution >= 0.6 is 0 Å². The Morgan fingerprint density at radius 2 is 1.74 bits per heavy atom. The average Bonchev–Trinajstić information content (AvgIpc) is 2.79. The van der Waals surface area contributed by atoms with Crippen molar-refractivity contribution in [2.45, 2.75) is 6.92 Å². The van der Waals surface area contributed by atoms with Gasteiger partial charge in [-0.15, -0.1) is 0 Å². The van der Waals surface area contributed by atoms with E-state index in [9.17, 15) is 14.0 Å². The van der Waals surface area contributed by atoms with Gasteiger partial charge in [-0.3, -0.25) is 15.3 Å². The molecule has 1 aliphatic heterocycles. The number of halogens is 1. The second-order valence-electron chi connectivity index (χ2n) is 7.43. The number of rotatable bonds is 3. The number of hydrogen-bond acceptors (Lipinski definition) is 4. The number of aromatic amines is 1. The molecule has 158 valence electrons. The number of amides is 2. The Bertz CT molecular complexity index is 1130. The van der Waals surface area contributed by atoms with Crippen molar-refractivity contribution in [3.63, 3.8) is 0 Å². The zero-order chi connectivity index (χ0) is 22.0. The van der Waals surface area contributed by atoms with Crippen LogP contribution < -0.4 is 10.7 Å². The van der Waals surface area contributed by atoms with Crippen LogP contribution in [0, 0.1) is 5.82 Å². The second kappa shape index (κ2) is 8.51. The van der Waals surface area contributed by atoms with Gasteiger partial charge in [0.1, 0.15) is 23.9 Å². The van der Waals surface area contributed by atoms with E-state index in [-0.39, 0.29) is 11.8 Å². The lowest BCUT2D eigenvalue weighted by atomic mass is 9.97. The first-order valence-corrected chi connectivity index (χ1v) is 10.0. The average molecular weight is 420 g/mol. The van der Waals surface area contributed by atoms with E-state index in [4.69, 9.17) is 5.73 Å². The number of nitrogens with two attached hydrogens (primary N) is 1. The van der Waals surface area contributed by atoms with Crippen molar-refractivity contribution in [1.82, 2.24) is 14.8 Å². The Hall–Kier alpha value is -3.81. The van der Waals surface area contributed by atoms with E-state index >= 15 is 0 Å². The third-order valence-corrected chi connectivity index (χ3v) is 5.44. The first kappa shape index (κ1) is 20.5. The molecule has 0 unspecified atom stereocenters. The highest BCUT2D eigenvalue weighted by Gasteiger charge is 2.25. The number of anilines is 1. The summed E-state index contributed by atoms with van der Waals surface area (Å²) in [6.45, 7) is 3.50. The van der Waals surface area contributed by atoms with Crippen molar-refractivity contribution < 1.29 is 19.0 Å². The topological polar surface area (TPSA) is 93.7 Å². The highest BCUT2D eigenvalue weighted by atomic mass is 19.1. The van der Waals surface area contributed by atoms with Crippen LogP contribution in [0.15, 0.2) is 54.9 Å². The number of piperazine rings is 1. The van der Waals surface area contributed by atoms with Gasteiger partial charge in [0.2, 0.25) is 5.91 Å². The van der Waals surface area contributed by atoms with Gasteiger partial charge in [0.15, 0.2) is 0 Å². The van der Waals surface area contributed by atoms with Gasteiger partial charge in [-0.2, -0.15) is 0 Å². The molecule has 2 heterocycles. The van der Waals surface area contributed by atoms with Crippen LogP contribution in [0.2, 0.25) is 0 Å². The third kappa shape index (κ3) is 4.23. The van der Waals surface area contributed by atoms with Crippen molar-refractivity contribution in [1.29, 1.82) is 0 Å². The van der Waals surface area contributed by atoms with Gasteiger partial charge in [0.05, 0.1) is 0 Å². The largest absolute Gasteiger partial charge is 0.339 e. The molecule has 8 heteroatoms. The van der Waals surface area contributed by atoms with E-state index in [1.54, 1.807) is 40.3 Å². The SMILES string of the molecule is CC(=O)N1CCN(C(=O)c2ccccc2-c2ccc(-c3c[nH+]c(N)cn3)c(F)c2)CC1. The molecule has 1 fully saturated rings. The van der Waals surface area contributed by atoms with E-state index in [1.165, 1.54) is 19.2 Å². The zero-order valence-corrected chi connectivity index (χ0v) is 17.1. The summed E-state index contributed by atoms with van der Waals surface area (Å²) < 4.78 is 14.9. The summed E-state index contributed by atoms with van der Waals surface area (Å²) in [4.78, 5) is 35.1. The lowest BCUT2D eigenvalue weighted by molar-refractivity contribution is -0.360. The Balaban J connectivity index is 1.61. The minimum atomic E-state index is -0.444. The highest BCUT2D eigenvalue weighted by Crippen LogP contribution is 2.29. The molecule has 0 saturated carbocycles. The van der Waals surface area contributed by atoms with Gasteiger partial charge >= 0.3 is 0 Å². The highest BCUT2D eigenvalue weighted by molar-refractivity contribution is 6.01. The summed E-state index contributed by atoms with van der Waals surface area (Å²) in [5.41, 5.74) is 8.14. The molecule has 2 amide bonds. The summed E-state index contributed by atoms with van der Waals surface area (Å²) in [7, 11) is 0. The monoisotopic (exact) mass is 420 g/mol. The summed E-state index contributed by atoms with van der Waals surface area (Å²) in [5, 5.41) is 0. The number of nitrogens with one attached hydrogen (secondary N) is 1. The number of nitrogen functional groups attached to an aromatic ring is 1. The summed E-state index contributed by atoms with van der Waals surface area (Å²) in [6, 6.07) is 12.0. The smallest absolute Gasteiger partial charge is 0.288 e. The quantitative estimate of drug-likeness (QED) is 0.703. The van der Waals surface area contributed by atoms with Gasteiger partial charge in [0.25, 0.3) is 11.7 Å². The number of carbonyl (C=O) groups is 2. The molecule has 0 radical (unpaired) electrons. The minimum Gasteiger partial charge on any atom is -0.339 e. The van der Waals surface area contributed by atoms with Gasteiger partial charge in [-0.05, 0) is 29.3 Å². The van der Waals surface area contributed by atoms with Crippen LogP contribution in [-0.2, 0) is 4.79 Å². The lowest BCUT2D eigenvalue weighted by Gasteiger charge is -2.34. The van der Waals surface area contributed by atoms with Crippen LogP contribution in [0.3, 0.4) is 0 Å². The molecule has 2 aromatic carbocycles. The fraction of sp³-hybridized carbons (Fsp3) is 0.217. The molecular weight excluding hydrogens is 397 g/mol. The molecule has 0 aliphatic carbocycles. The zero-order valence-electron chi connectivity index (χ0n) is 17.1. The fourth-order valence-corrected chi connectivity index (χ4v) is 3.72. The van der Waals surface area contributed by atoms with Gasteiger partial charge in [-0.1, -0.05) is 24.3 Å². The van der Waals surface area contributed by atoms with E-state index in [1.807, 2.05) is 12.1 Å². The van der Waals surface area contributed by atoms with Crippen molar-refractivity contribution in [3.8, 4) is 22.4 Å². The standard InChI is InChI=1S/C23H22FN5O2/c1-15(30)28-8-10-29(11-9-28)23(31)18-5-3-2-4-17(18)16-6-7-19(20(24)12-16)21-13-27-22(25)14-26-21/h2-7,12-14H,8-11H2,1H3,(H2,25,27)/p+1. The molecule has 0 atom stereocenters. The van der Waals surface area contributed by atoms with Gasteiger partial charge in [-0.25, -0.2) is 14.4 Å². The lowest BCUT2D eigenvalue weighted by Crippen LogP contribution is -2.50. The predicted molar refractivity (Wildman–Crippen MR) is 114 cm³/mol. The van der Waals surface area contributed by atoms with E-state index < -0.39 is 5.82 Å². The minimum absolute atomic E-state index is 0.0104. The molecule has 31 heavy (non-hydrogen) atoms. The molecule has 1 saturated heterocycles. The first-order chi connectivity index (χ1) is 14.9. The van der Waals surface area contributed by atoms with E-state index in [0.29, 0.717) is 59.9 Å². The number of H-pyrrole nitrogens is 1. The Labute approximate surface area is 179 Å². The van der Waals surface area contributed by atoms with Crippen LogP contribution in [-0.4, -0.2) is 52.8 Å². The van der Waals surface area contributed by atoms with Crippen LogP contribution in [0.1, 0.15) is 17.3 Å². The van der Waals surface area contributed by atoms with E-state index in [2.05, 4.69) is 9.97 Å². The van der Waals surface area contributed by atoms with Crippen LogP contribution in [0.5, 0.6) is 0 Å². The maximum Gasteiger partial charge on any atom is 0.288 e. The molecule has 4 rings (SSSR count). The maximum atomic E-state index is 14.9.